The van der Waals surface area contributed by atoms with Gasteiger partial charge in [0.15, 0.2) is 0 Å². The van der Waals surface area contributed by atoms with Gasteiger partial charge in [0.25, 0.3) is 0 Å². The summed E-state index contributed by atoms with van der Waals surface area (Å²) in [5.74, 6) is 1.58. The van der Waals surface area contributed by atoms with Gasteiger partial charge in [-0.05, 0) is 30.5 Å². The topological polar surface area (TPSA) is 45.8 Å². The van der Waals surface area contributed by atoms with Crippen LogP contribution in [0.4, 0.5) is 0 Å². The number of hydrogen-bond donors (Lipinski definition) is 0. The average Bonchev–Trinajstić information content (AvgIpc) is 3.07. The van der Waals surface area contributed by atoms with Crippen molar-refractivity contribution < 1.29 is 9.21 Å². The fourth-order valence-electron chi connectivity index (χ4n) is 2.25. The predicted octanol–water partition coefficient (Wildman–Crippen LogP) is 3.35. The highest BCUT2D eigenvalue weighted by molar-refractivity contribution is 7.12. The Balaban J connectivity index is 1.93. The Morgan fingerprint density at radius 2 is 2.32 bits per heavy atom. The molecule has 0 bridgehead atoms. The average molecular weight is 274 g/mol. The first-order valence-electron chi connectivity index (χ1n) is 6.12. The summed E-state index contributed by atoms with van der Waals surface area (Å²) in [5, 5.41) is 7.98. The molecule has 98 valence electrons. The van der Waals surface area contributed by atoms with Crippen molar-refractivity contribution in [3.05, 3.63) is 46.0 Å². The Morgan fingerprint density at radius 3 is 2.89 bits per heavy atom. The summed E-state index contributed by atoms with van der Waals surface area (Å²) in [6, 6.07) is 7.73. The molecule has 0 radical (unpaired) electrons. The van der Waals surface area contributed by atoms with Crippen molar-refractivity contribution in [1.82, 2.24) is 5.01 Å². The van der Waals surface area contributed by atoms with Crippen LogP contribution in [0.2, 0.25) is 0 Å². The van der Waals surface area contributed by atoms with Crippen LogP contribution in [-0.2, 0) is 4.79 Å². The lowest BCUT2D eigenvalue weighted by Gasteiger charge is -2.17. The molecule has 1 atom stereocenters. The molecule has 0 saturated heterocycles. The Morgan fingerprint density at radius 1 is 1.47 bits per heavy atom. The number of aryl methyl sites for hydroxylation is 1. The number of thiophene rings is 1. The molecule has 3 heterocycles. The summed E-state index contributed by atoms with van der Waals surface area (Å²) in [7, 11) is 0. The zero-order valence-corrected chi connectivity index (χ0v) is 11.6. The molecule has 0 saturated carbocycles. The molecule has 0 aliphatic carbocycles. The van der Waals surface area contributed by atoms with Gasteiger partial charge >= 0.3 is 0 Å². The van der Waals surface area contributed by atoms with Gasteiger partial charge in [-0.25, -0.2) is 5.01 Å². The van der Waals surface area contributed by atoms with Gasteiger partial charge in [0.05, 0.1) is 10.6 Å². The molecule has 1 aliphatic heterocycles. The normalized spacial score (nSPS) is 18.7. The molecule has 0 fully saturated rings. The first-order chi connectivity index (χ1) is 9.15. The fourth-order valence-corrected chi connectivity index (χ4v) is 2.97. The van der Waals surface area contributed by atoms with E-state index in [4.69, 9.17) is 4.42 Å². The summed E-state index contributed by atoms with van der Waals surface area (Å²) in [4.78, 5) is 12.8. The summed E-state index contributed by atoms with van der Waals surface area (Å²) >= 11 is 1.64. The molecule has 3 rings (SSSR count). The highest BCUT2D eigenvalue weighted by atomic mass is 32.1. The maximum atomic E-state index is 11.7. The predicted molar refractivity (Wildman–Crippen MR) is 74.2 cm³/mol. The summed E-state index contributed by atoms with van der Waals surface area (Å²) < 4.78 is 5.65. The van der Waals surface area contributed by atoms with Crippen molar-refractivity contribution in [3.63, 3.8) is 0 Å². The number of nitrogens with zero attached hydrogens (tertiary/aromatic N) is 2. The number of carbonyl (C=O) groups excluding carboxylic acids is 1. The second-order valence-corrected chi connectivity index (χ2v) is 5.50. The molecular weight excluding hydrogens is 260 g/mol. The second kappa shape index (κ2) is 4.66. The molecule has 2 aromatic rings. The Kier molecular flexibility index (Phi) is 2.98. The zero-order valence-electron chi connectivity index (χ0n) is 10.8. The van der Waals surface area contributed by atoms with Crippen LogP contribution in [0, 0.1) is 6.92 Å². The Hall–Kier alpha value is -1.88. The van der Waals surface area contributed by atoms with Gasteiger partial charge in [0.2, 0.25) is 5.91 Å². The molecular formula is C14H14N2O2S. The van der Waals surface area contributed by atoms with Crippen molar-refractivity contribution in [3.8, 4) is 0 Å². The fraction of sp³-hybridized carbons (Fsp3) is 0.286. The molecule has 0 unspecified atom stereocenters. The molecule has 19 heavy (non-hydrogen) atoms. The van der Waals surface area contributed by atoms with Crippen LogP contribution in [0.5, 0.6) is 0 Å². The van der Waals surface area contributed by atoms with E-state index in [1.165, 1.54) is 11.9 Å². The molecule has 4 nitrogen and oxygen atoms in total. The van der Waals surface area contributed by atoms with Crippen LogP contribution in [-0.4, -0.2) is 16.6 Å². The van der Waals surface area contributed by atoms with E-state index in [-0.39, 0.29) is 11.9 Å². The number of rotatable bonds is 2. The number of furan rings is 1. The minimum absolute atomic E-state index is 0.0643. The van der Waals surface area contributed by atoms with Crippen molar-refractivity contribution in [1.29, 1.82) is 0 Å². The number of hydrazone groups is 1. The van der Waals surface area contributed by atoms with E-state index >= 15 is 0 Å². The number of carbonyl (C=O) groups is 1. The molecule has 2 aromatic heterocycles. The van der Waals surface area contributed by atoms with Crippen LogP contribution < -0.4 is 0 Å². The van der Waals surface area contributed by atoms with Crippen molar-refractivity contribution in [2.45, 2.75) is 26.3 Å². The van der Waals surface area contributed by atoms with E-state index < -0.39 is 0 Å². The molecule has 0 aromatic carbocycles. The molecule has 1 aliphatic rings. The minimum Gasteiger partial charge on any atom is -0.464 e. The highest BCUT2D eigenvalue weighted by Crippen LogP contribution is 2.34. The van der Waals surface area contributed by atoms with Crippen LogP contribution in [0.1, 0.15) is 35.8 Å². The van der Waals surface area contributed by atoms with E-state index in [1.807, 2.05) is 36.6 Å². The molecule has 0 spiro atoms. The van der Waals surface area contributed by atoms with Crippen LogP contribution in [0.3, 0.4) is 0 Å². The summed E-state index contributed by atoms with van der Waals surface area (Å²) in [5.41, 5.74) is 0.948. The maximum Gasteiger partial charge on any atom is 0.240 e. The number of hydrogen-bond acceptors (Lipinski definition) is 4. The van der Waals surface area contributed by atoms with E-state index in [0.717, 1.165) is 22.1 Å². The van der Waals surface area contributed by atoms with Gasteiger partial charge in [0.1, 0.15) is 17.6 Å². The lowest BCUT2D eigenvalue weighted by molar-refractivity contribution is -0.130. The Labute approximate surface area is 115 Å². The lowest BCUT2D eigenvalue weighted by Crippen LogP contribution is -2.23. The second-order valence-electron chi connectivity index (χ2n) is 4.56. The van der Waals surface area contributed by atoms with Crippen molar-refractivity contribution >= 4 is 23.0 Å². The molecule has 5 heteroatoms. The van der Waals surface area contributed by atoms with Crippen LogP contribution in [0.15, 0.2) is 39.2 Å². The van der Waals surface area contributed by atoms with Crippen LogP contribution >= 0.6 is 11.3 Å². The smallest absolute Gasteiger partial charge is 0.240 e. The standard InChI is InChI=1S/C14H14N2O2S/c1-9-5-6-13(18-9)12-8-11(14-4-3-7-19-14)15-16(12)10(2)17/h3-7,12H,8H2,1-2H3/t12-/m0/s1. The third-order valence-corrected chi connectivity index (χ3v) is 4.05. The summed E-state index contributed by atoms with van der Waals surface area (Å²) in [6.07, 6.45) is 0.701. The minimum atomic E-state index is -0.122. The zero-order chi connectivity index (χ0) is 13.4. The van der Waals surface area contributed by atoms with Gasteiger partial charge in [-0.3, -0.25) is 4.79 Å². The van der Waals surface area contributed by atoms with Gasteiger partial charge in [-0.15, -0.1) is 11.3 Å². The number of amides is 1. The SMILES string of the molecule is CC(=O)N1N=C(c2cccs2)C[C@H]1c1ccc(C)o1. The van der Waals surface area contributed by atoms with E-state index in [0.29, 0.717) is 6.42 Å². The van der Waals surface area contributed by atoms with Gasteiger partial charge < -0.3 is 4.42 Å². The highest BCUT2D eigenvalue weighted by Gasteiger charge is 2.33. The van der Waals surface area contributed by atoms with Crippen molar-refractivity contribution in [2.75, 3.05) is 0 Å². The molecule has 1 amide bonds. The van der Waals surface area contributed by atoms with Crippen molar-refractivity contribution in [2.24, 2.45) is 5.10 Å². The van der Waals surface area contributed by atoms with E-state index in [9.17, 15) is 4.79 Å². The quantitative estimate of drug-likeness (QED) is 0.843. The maximum absolute atomic E-state index is 11.7. The van der Waals surface area contributed by atoms with Gasteiger partial charge in [-0.2, -0.15) is 5.10 Å². The van der Waals surface area contributed by atoms with E-state index in [2.05, 4.69) is 5.10 Å². The third-order valence-electron chi connectivity index (χ3n) is 3.13. The first-order valence-corrected chi connectivity index (χ1v) is 7.00. The Bertz CT molecular complexity index is 628. The largest absolute Gasteiger partial charge is 0.464 e. The molecule has 0 N–H and O–H groups in total. The van der Waals surface area contributed by atoms with E-state index in [1.54, 1.807) is 11.3 Å². The lowest BCUT2D eigenvalue weighted by atomic mass is 10.1. The van der Waals surface area contributed by atoms with Gasteiger partial charge in [-0.1, -0.05) is 6.07 Å². The van der Waals surface area contributed by atoms with Gasteiger partial charge in [0, 0.05) is 13.3 Å². The third kappa shape index (κ3) is 2.21. The summed E-state index contributed by atoms with van der Waals surface area (Å²) in [6.45, 7) is 3.43. The monoisotopic (exact) mass is 274 g/mol. The van der Waals surface area contributed by atoms with Crippen LogP contribution in [0.25, 0.3) is 0 Å². The first kappa shape index (κ1) is 12.2.